The first-order chi connectivity index (χ1) is 14.7. The molecule has 0 spiro atoms. The van der Waals surface area contributed by atoms with Gasteiger partial charge in [-0.2, -0.15) is 0 Å². The molecule has 0 aliphatic carbocycles. The molecule has 3 aromatic carbocycles. The molecule has 0 fully saturated rings. The Labute approximate surface area is 174 Å². The number of hydrogen-bond donors (Lipinski definition) is 2. The molecule has 0 unspecified atom stereocenters. The van der Waals surface area contributed by atoms with Crippen LogP contribution in [0.25, 0.3) is 10.9 Å². The highest BCUT2D eigenvalue weighted by Gasteiger charge is 2.13. The Kier molecular flexibility index (Phi) is 5.57. The number of H-pyrrole nitrogens is 1. The minimum absolute atomic E-state index is 0.263. The number of carbonyl (C=O) groups is 1. The molecule has 6 heteroatoms. The summed E-state index contributed by atoms with van der Waals surface area (Å²) in [5.41, 5.74) is 2.93. The molecular formula is C24H22N2O4. The molecule has 0 bridgehead atoms. The number of methoxy groups -OCH3 is 2. The van der Waals surface area contributed by atoms with Crippen LogP contribution < -0.4 is 19.5 Å². The Hall–Kier alpha value is -3.93. The van der Waals surface area contributed by atoms with Crippen LogP contribution in [-0.4, -0.2) is 25.1 Å². The van der Waals surface area contributed by atoms with E-state index in [1.165, 1.54) is 0 Å². The summed E-state index contributed by atoms with van der Waals surface area (Å²) in [6.07, 6.45) is 0. The van der Waals surface area contributed by atoms with E-state index in [1.807, 2.05) is 54.6 Å². The van der Waals surface area contributed by atoms with Gasteiger partial charge in [0.05, 0.1) is 19.9 Å². The maximum atomic E-state index is 12.7. The lowest BCUT2D eigenvalue weighted by Gasteiger charge is -2.11. The van der Waals surface area contributed by atoms with Gasteiger partial charge in [0.2, 0.25) is 0 Å². The van der Waals surface area contributed by atoms with Gasteiger partial charge in [-0.15, -0.1) is 0 Å². The van der Waals surface area contributed by atoms with Crippen LogP contribution in [0.4, 0.5) is 5.69 Å². The number of aromatic nitrogens is 1. The van der Waals surface area contributed by atoms with Gasteiger partial charge < -0.3 is 24.5 Å². The van der Waals surface area contributed by atoms with Crippen LogP contribution in [-0.2, 0) is 6.61 Å². The van der Waals surface area contributed by atoms with Crippen LogP contribution in [0, 0.1) is 0 Å². The van der Waals surface area contributed by atoms with Crippen molar-refractivity contribution in [2.75, 3.05) is 19.5 Å². The van der Waals surface area contributed by atoms with E-state index in [1.54, 1.807) is 32.4 Å². The van der Waals surface area contributed by atoms with E-state index in [2.05, 4.69) is 10.3 Å². The number of carbonyl (C=O) groups excluding carboxylic acids is 1. The SMILES string of the molecule is COc1ccc(NC(=O)c2cc3ccc(OCc4ccccc4)cc3[nH]2)c(OC)c1. The number of aromatic amines is 1. The van der Waals surface area contributed by atoms with E-state index in [0.29, 0.717) is 29.5 Å². The number of anilines is 1. The topological polar surface area (TPSA) is 72.6 Å². The molecule has 1 heterocycles. The van der Waals surface area contributed by atoms with E-state index < -0.39 is 0 Å². The minimum Gasteiger partial charge on any atom is -0.497 e. The van der Waals surface area contributed by atoms with Crippen molar-refractivity contribution in [2.24, 2.45) is 0 Å². The summed E-state index contributed by atoms with van der Waals surface area (Å²) in [6.45, 7) is 0.484. The van der Waals surface area contributed by atoms with E-state index >= 15 is 0 Å². The van der Waals surface area contributed by atoms with Crippen molar-refractivity contribution in [3.8, 4) is 17.2 Å². The summed E-state index contributed by atoms with van der Waals surface area (Å²) >= 11 is 0. The van der Waals surface area contributed by atoms with E-state index in [4.69, 9.17) is 14.2 Å². The molecule has 2 N–H and O–H groups in total. The standard InChI is InChI=1S/C24H22N2O4/c1-28-18-10-11-20(23(14-18)29-2)26-24(27)22-12-17-8-9-19(13-21(17)25-22)30-15-16-6-4-3-5-7-16/h3-14,25H,15H2,1-2H3,(H,26,27). The van der Waals surface area contributed by atoms with Crippen molar-refractivity contribution in [2.45, 2.75) is 6.61 Å². The van der Waals surface area contributed by atoms with Crippen LogP contribution in [0.15, 0.2) is 72.8 Å². The van der Waals surface area contributed by atoms with Crippen LogP contribution in [0.2, 0.25) is 0 Å². The van der Waals surface area contributed by atoms with Crippen molar-refractivity contribution in [3.05, 3.63) is 84.1 Å². The fraction of sp³-hybridized carbons (Fsp3) is 0.125. The van der Waals surface area contributed by atoms with Gasteiger partial charge in [0.15, 0.2) is 0 Å². The summed E-state index contributed by atoms with van der Waals surface area (Å²) in [5.74, 6) is 1.65. The third-order valence-electron chi connectivity index (χ3n) is 4.74. The van der Waals surface area contributed by atoms with E-state index in [0.717, 1.165) is 22.2 Å². The first kappa shape index (κ1) is 19.4. The zero-order valence-corrected chi connectivity index (χ0v) is 16.8. The van der Waals surface area contributed by atoms with Gasteiger partial charge in [-0.1, -0.05) is 30.3 Å². The van der Waals surface area contributed by atoms with Gasteiger partial charge in [0, 0.05) is 23.0 Å². The molecule has 0 saturated heterocycles. The van der Waals surface area contributed by atoms with Crippen molar-refractivity contribution in [1.29, 1.82) is 0 Å². The Morgan fingerprint density at radius 3 is 2.47 bits per heavy atom. The second-order valence-electron chi connectivity index (χ2n) is 6.73. The molecule has 6 nitrogen and oxygen atoms in total. The van der Waals surface area contributed by atoms with Gasteiger partial charge in [-0.3, -0.25) is 4.79 Å². The van der Waals surface area contributed by atoms with E-state index in [-0.39, 0.29) is 5.91 Å². The van der Waals surface area contributed by atoms with Gasteiger partial charge in [-0.25, -0.2) is 0 Å². The summed E-state index contributed by atoms with van der Waals surface area (Å²) in [7, 11) is 3.12. The van der Waals surface area contributed by atoms with Crippen LogP contribution in [0.3, 0.4) is 0 Å². The molecule has 30 heavy (non-hydrogen) atoms. The fourth-order valence-corrected chi connectivity index (χ4v) is 3.15. The quantitative estimate of drug-likeness (QED) is 0.455. The molecule has 4 aromatic rings. The average Bonchev–Trinajstić information content (AvgIpc) is 3.22. The second kappa shape index (κ2) is 8.61. The van der Waals surface area contributed by atoms with Gasteiger partial charge in [-0.05, 0) is 35.9 Å². The number of rotatable bonds is 7. The number of ether oxygens (including phenoxy) is 3. The monoisotopic (exact) mass is 402 g/mol. The highest BCUT2D eigenvalue weighted by Crippen LogP contribution is 2.30. The van der Waals surface area contributed by atoms with Crippen LogP contribution in [0.5, 0.6) is 17.2 Å². The van der Waals surface area contributed by atoms with E-state index in [9.17, 15) is 4.79 Å². The normalized spacial score (nSPS) is 10.6. The largest absolute Gasteiger partial charge is 0.497 e. The Morgan fingerprint density at radius 1 is 0.900 bits per heavy atom. The molecule has 0 aliphatic rings. The van der Waals surface area contributed by atoms with Gasteiger partial charge >= 0.3 is 0 Å². The van der Waals surface area contributed by atoms with Crippen molar-refractivity contribution < 1.29 is 19.0 Å². The molecule has 0 aliphatic heterocycles. The van der Waals surface area contributed by atoms with Crippen LogP contribution >= 0.6 is 0 Å². The molecule has 152 valence electrons. The predicted molar refractivity (Wildman–Crippen MR) is 117 cm³/mol. The first-order valence-electron chi connectivity index (χ1n) is 9.49. The minimum atomic E-state index is -0.263. The number of nitrogens with one attached hydrogen (secondary N) is 2. The number of hydrogen-bond acceptors (Lipinski definition) is 4. The highest BCUT2D eigenvalue weighted by molar-refractivity contribution is 6.06. The zero-order valence-electron chi connectivity index (χ0n) is 16.8. The van der Waals surface area contributed by atoms with Gasteiger partial charge in [0.1, 0.15) is 29.5 Å². The number of fused-ring (bicyclic) bond motifs is 1. The van der Waals surface area contributed by atoms with Crippen molar-refractivity contribution in [3.63, 3.8) is 0 Å². The molecule has 0 atom stereocenters. The maximum Gasteiger partial charge on any atom is 0.272 e. The summed E-state index contributed by atoms with van der Waals surface area (Å²) in [6, 6.07) is 22.7. The zero-order chi connectivity index (χ0) is 20.9. The van der Waals surface area contributed by atoms with Crippen molar-refractivity contribution >= 4 is 22.5 Å². The second-order valence-corrected chi connectivity index (χ2v) is 6.73. The summed E-state index contributed by atoms with van der Waals surface area (Å²) < 4.78 is 16.4. The Morgan fingerprint density at radius 2 is 1.70 bits per heavy atom. The molecule has 0 radical (unpaired) electrons. The number of amides is 1. The molecule has 1 aromatic heterocycles. The smallest absolute Gasteiger partial charge is 0.272 e. The highest BCUT2D eigenvalue weighted by atomic mass is 16.5. The molecule has 1 amide bonds. The van der Waals surface area contributed by atoms with Crippen molar-refractivity contribution in [1.82, 2.24) is 4.98 Å². The lowest BCUT2D eigenvalue weighted by atomic mass is 10.2. The molecule has 4 rings (SSSR count). The third-order valence-corrected chi connectivity index (χ3v) is 4.74. The Balaban J connectivity index is 1.50. The number of benzene rings is 3. The average molecular weight is 402 g/mol. The summed E-state index contributed by atoms with van der Waals surface area (Å²) in [4.78, 5) is 15.9. The molecular weight excluding hydrogens is 380 g/mol. The molecule has 0 saturated carbocycles. The Bertz CT molecular complexity index is 1170. The van der Waals surface area contributed by atoms with Crippen LogP contribution in [0.1, 0.15) is 16.1 Å². The fourth-order valence-electron chi connectivity index (χ4n) is 3.15. The third kappa shape index (κ3) is 4.22. The maximum absolute atomic E-state index is 12.7. The van der Waals surface area contributed by atoms with Gasteiger partial charge in [0.25, 0.3) is 5.91 Å². The lowest BCUT2D eigenvalue weighted by molar-refractivity contribution is 0.102. The predicted octanol–water partition coefficient (Wildman–Crippen LogP) is 5.02. The first-order valence-corrected chi connectivity index (χ1v) is 9.49. The summed E-state index contributed by atoms with van der Waals surface area (Å²) in [5, 5.41) is 3.79. The lowest BCUT2D eigenvalue weighted by Crippen LogP contribution is -2.13.